The summed E-state index contributed by atoms with van der Waals surface area (Å²) in [5.41, 5.74) is 0.779. The van der Waals surface area contributed by atoms with Gasteiger partial charge in [0.05, 0.1) is 0 Å². The number of para-hydroxylation sites is 1. The van der Waals surface area contributed by atoms with E-state index in [0.29, 0.717) is 19.3 Å². The molecular formula is C10H10Cl3O. The number of hydrogen-bond donors (Lipinski definition) is 0. The molecule has 1 aromatic rings. The molecule has 0 atom stereocenters. The van der Waals surface area contributed by atoms with Crippen LogP contribution < -0.4 is 0 Å². The van der Waals surface area contributed by atoms with Gasteiger partial charge >= 0.3 is 0 Å². The van der Waals surface area contributed by atoms with Crippen LogP contribution >= 0.6 is 34.8 Å². The van der Waals surface area contributed by atoms with Crippen LogP contribution in [0, 0.1) is 0 Å². The first-order valence-corrected chi connectivity index (χ1v) is 5.44. The molecule has 77 valence electrons. The Hall–Kier alpha value is -0.110. The molecular weight excluding hydrogens is 242 g/mol. The Labute approximate surface area is 98.6 Å². The lowest BCUT2D eigenvalue weighted by Gasteiger charge is -2.09. The zero-order valence-electron chi connectivity index (χ0n) is 7.47. The Morgan fingerprint density at radius 2 is 1.79 bits per heavy atom. The summed E-state index contributed by atoms with van der Waals surface area (Å²) in [4.78, 5) is 0. The van der Waals surface area contributed by atoms with Gasteiger partial charge < -0.3 is 0 Å². The Morgan fingerprint density at radius 1 is 1.14 bits per heavy atom. The Morgan fingerprint density at radius 3 is 2.36 bits per heavy atom. The molecule has 1 rings (SSSR count). The molecule has 1 aromatic carbocycles. The van der Waals surface area contributed by atoms with Gasteiger partial charge in [-0.25, -0.2) is 0 Å². The second-order valence-electron chi connectivity index (χ2n) is 3.08. The van der Waals surface area contributed by atoms with E-state index in [1.165, 1.54) is 0 Å². The smallest absolute Gasteiger partial charge is 0.190 e. The first kappa shape index (κ1) is 12.0. The van der Waals surface area contributed by atoms with Gasteiger partial charge in [0.2, 0.25) is 0 Å². The van der Waals surface area contributed by atoms with Gasteiger partial charge in [-0.3, -0.25) is 5.11 Å². The van der Waals surface area contributed by atoms with Gasteiger partial charge in [0.25, 0.3) is 0 Å². The maximum Gasteiger partial charge on any atom is 0.190 e. The highest BCUT2D eigenvalue weighted by Crippen LogP contribution is 2.32. The lowest BCUT2D eigenvalue weighted by atomic mass is 10.1. The van der Waals surface area contributed by atoms with Crippen LogP contribution in [0.2, 0.25) is 0 Å². The highest BCUT2D eigenvalue weighted by molar-refractivity contribution is 6.67. The zero-order valence-corrected chi connectivity index (χ0v) is 9.74. The van der Waals surface area contributed by atoms with Crippen molar-refractivity contribution in [3.63, 3.8) is 0 Å². The highest BCUT2D eigenvalue weighted by Gasteiger charge is 2.18. The fourth-order valence-corrected chi connectivity index (χ4v) is 1.59. The predicted molar refractivity (Wildman–Crippen MR) is 59.8 cm³/mol. The monoisotopic (exact) mass is 251 g/mol. The summed E-state index contributed by atoms with van der Waals surface area (Å²) in [5, 5.41) is 11.3. The Balaban J connectivity index is 2.43. The minimum Gasteiger partial charge on any atom is -0.290 e. The lowest BCUT2D eigenvalue weighted by molar-refractivity contribution is 0.349. The van der Waals surface area contributed by atoms with Gasteiger partial charge in [-0.05, 0) is 30.9 Å². The van der Waals surface area contributed by atoms with E-state index in [0.717, 1.165) is 5.56 Å². The minimum atomic E-state index is -1.21. The van der Waals surface area contributed by atoms with Crippen molar-refractivity contribution < 1.29 is 5.11 Å². The number of aryl methyl sites for hydroxylation is 1. The van der Waals surface area contributed by atoms with Crippen molar-refractivity contribution in [1.82, 2.24) is 0 Å². The van der Waals surface area contributed by atoms with Gasteiger partial charge in [0.15, 0.2) is 9.54 Å². The van der Waals surface area contributed by atoms with E-state index in [2.05, 4.69) is 0 Å². The molecule has 1 nitrogen and oxygen atoms in total. The molecule has 0 aromatic heterocycles. The van der Waals surface area contributed by atoms with Crippen LogP contribution in [0.1, 0.15) is 18.4 Å². The standard InChI is InChI=1S/C10H10Cl3O/c11-10(12,13)7-3-5-8-4-1-2-6-9(8)14/h1-2,4,6H,3,5,7H2. The van der Waals surface area contributed by atoms with Gasteiger partial charge in [0, 0.05) is 0 Å². The zero-order chi connectivity index (χ0) is 10.6. The van der Waals surface area contributed by atoms with Crippen LogP contribution in [0.3, 0.4) is 0 Å². The summed E-state index contributed by atoms with van der Waals surface area (Å²) in [6, 6.07) is 6.91. The van der Waals surface area contributed by atoms with Crippen LogP contribution in [-0.2, 0) is 11.5 Å². The molecule has 0 aliphatic carbocycles. The molecule has 0 saturated carbocycles. The maximum atomic E-state index is 11.3. The van der Waals surface area contributed by atoms with Crippen molar-refractivity contribution in [2.24, 2.45) is 0 Å². The van der Waals surface area contributed by atoms with E-state index in [-0.39, 0.29) is 5.75 Å². The van der Waals surface area contributed by atoms with Gasteiger partial charge in [-0.15, -0.1) is 0 Å². The van der Waals surface area contributed by atoms with Crippen LogP contribution in [0.25, 0.3) is 0 Å². The van der Waals surface area contributed by atoms with Crippen LogP contribution in [0.5, 0.6) is 5.75 Å². The third kappa shape index (κ3) is 4.41. The predicted octanol–water partition coefficient (Wildman–Crippen LogP) is 4.52. The number of benzene rings is 1. The summed E-state index contributed by atoms with van der Waals surface area (Å²) < 4.78 is -1.21. The molecule has 0 aliphatic rings. The van der Waals surface area contributed by atoms with E-state index in [1.807, 2.05) is 6.07 Å². The first-order chi connectivity index (χ1) is 6.49. The number of rotatable bonds is 3. The summed E-state index contributed by atoms with van der Waals surface area (Å²) >= 11 is 16.8. The maximum absolute atomic E-state index is 11.3. The van der Waals surface area contributed by atoms with Crippen molar-refractivity contribution >= 4 is 34.8 Å². The summed E-state index contributed by atoms with van der Waals surface area (Å²) in [6.07, 6.45) is 1.83. The van der Waals surface area contributed by atoms with Gasteiger partial charge in [-0.2, -0.15) is 0 Å². The van der Waals surface area contributed by atoms with Crippen molar-refractivity contribution in [1.29, 1.82) is 0 Å². The van der Waals surface area contributed by atoms with Crippen molar-refractivity contribution in [3.05, 3.63) is 29.8 Å². The molecule has 0 unspecified atom stereocenters. The average Bonchev–Trinajstić information content (AvgIpc) is 2.06. The second-order valence-corrected chi connectivity index (χ2v) is 5.59. The third-order valence-electron chi connectivity index (χ3n) is 1.88. The van der Waals surface area contributed by atoms with Crippen LogP contribution in [-0.4, -0.2) is 3.79 Å². The molecule has 14 heavy (non-hydrogen) atoms. The van der Waals surface area contributed by atoms with E-state index >= 15 is 0 Å². The SMILES string of the molecule is [O]c1ccccc1CCCC(Cl)(Cl)Cl. The molecule has 0 aliphatic heterocycles. The number of alkyl halides is 3. The second kappa shape index (κ2) is 5.11. The molecule has 0 spiro atoms. The molecule has 0 heterocycles. The molecule has 0 saturated heterocycles. The van der Waals surface area contributed by atoms with Crippen molar-refractivity contribution in [3.8, 4) is 5.75 Å². The number of hydrogen-bond acceptors (Lipinski definition) is 0. The molecule has 1 radical (unpaired) electrons. The molecule has 0 N–H and O–H groups in total. The normalized spacial score (nSPS) is 11.6. The topological polar surface area (TPSA) is 19.9 Å². The lowest BCUT2D eigenvalue weighted by Crippen LogP contribution is -2.02. The summed E-state index contributed by atoms with van der Waals surface area (Å²) in [7, 11) is 0. The highest BCUT2D eigenvalue weighted by atomic mass is 35.6. The van der Waals surface area contributed by atoms with Crippen LogP contribution in [0.15, 0.2) is 24.3 Å². The molecule has 0 bridgehead atoms. The molecule has 4 heteroatoms. The largest absolute Gasteiger partial charge is 0.290 e. The van der Waals surface area contributed by atoms with Crippen molar-refractivity contribution in [2.75, 3.05) is 0 Å². The fourth-order valence-electron chi connectivity index (χ4n) is 1.19. The average molecular weight is 253 g/mol. The molecule has 0 amide bonds. The van der Waals surface area contributed by atoms with E-state index in [4.69, 9.17) is 34.8 Å². The molecule has 0 fully saturated rings. The van der Waals surface area contributed by atoms with E-state index < -0.39 is 3.79 Å². The van der Waals surface area contributed by atoms with Crippen LogP contribution in [0.4, 0.5) is 0 Å². The summed E-state index contributed by atoms with van der Waals surface area (Å²) in [6.45, 7) is 0. The third-order valence-corrected chi connectivity index (χ3v) is 2.45. The fraction of sp³-hybridized carbons (Fsp3) is 0.400. The first-order valence-electron chi connectivity index (χ1n) is 4.31. The quantitative estimate of drug-likeness (QED) is 0.705. The van der Waals surface area contributed by atoms with Crippen molar-refractivity contribution in [2.45, 2.75) is 23.1 Å². The Bertz CT molecular complexity index is 294. The number of halogens is 3. The van der Waals surface area contributed by atoms with Gasteiger partial charge in [-0.1, -0.05) is 53.0 Å². The van der Waals surface area contributed by atoms with E-state index in [1.54, 1.807) is 18.2 Å². The minimum absolute atomic E-state index is 0.0526. The Kier molecular flexibility index (Phi) is 4.36. The summed E-state index contributed by atoms with van der Waals surface area (Å²) in [5.74, 6) is 0.0526. The van der Waals surface area contributed by atoms with E-state index in [9.17, 15) is 5.11 Å². The van der Waals surface area contributed by atoms with Gasteiger partial charge in [0.1, 0.15) is 0 Å².